The number of rotatable bonds is 1. The van der Waals surface area contributed by atoms with Crippen molar-refractivity contribution in [3.8, 4) is 5.75 Å². The van der Waals surface area contributed by atoms with Crippen LogP contribution in [0.5, 0.6) is 5.75 Å². The Bertz CT molecular complexity index is 718. The molecule has 22 heavy (non-hydrogen) atoms. The molecule has 0 bridgehead atoms. The molecule has 0 saturated heterocycles. The third-order valence-corrected chi connectivity index (χ3v) is 3.73. The average molecular weight is 317 g/mol. The maximum Gasteiger partial charge on any atom is 0.326 e. The van der Waals surface area contributed by atoms with Crippen molar-refractivity contribution in [1.82, 2.24) is 0 Å². The summed E-state index contributed by atoms with van der Waals surface area (Å²) in [5, 5.41) is 3.47. The molecule has 2 aromatic rings. The molecule has 0 radical (unpaired) electrons. The summed E-state index contributed by atoms with van der Waals surface area (Å²) in [7, 11) is 0. The molecule has 5 heteroatoms. The van der Waals surface area contributed by atoms with Crippen molar-refractivity contribution in [3.05, 3.63) is 53.1 Å². The number of carbonyl (C=O) groups excluding carboxylic acids is 1. The first kappa shape index (κ1) is 14.7. The van der Waals surface area contributed by atoms with E-state index in [-0.39, 0.29) is 12.1 Å². The van der Waals surface area contributed by atoms with Gasteiger partial charge in [-0.2, -0.15) is 0 Å². The lowest BCUT2D eigenvalue weighted by atomic mass is 10.1. The van der Waals surface area contributed by atoms with Gasteiger partial charge in [-0.25, -0.2) is 4.79 Å². The zero-order valence-electron chi connectivity index (χ0n) is 12.5. The highest BCUT2D eigenvalue weighted by Gasteiger charge is 2.27. The van der Waals surface area contributed by atoms with E-state index in [1.54, 1.807) is 23.1 Å². The van der Waals surface area contributed by atoms with Crippen molar-refractivity contribution in [3.63, 3.8) is 0 Å². The van der Waals surface area contributed by atoms with E-state index < -0.39 is 0 Å². The van der Waals surface area contributed by atoms with E-state index in [4.69, 9.17) is 16.3 Å². The van der Waals surface area contributed by atoms with Crippen LogP contribution in [0.25, 0.3) is 0 Å². The number of fused-ring (bicyclic) bond motifs is 1. The largest absolute Gasteiger partial charge is 0.487 e. The monoisotopic (exact) mass is 316 g/mol. The molecule has 1 heterocycles. The molecule has 1 atom stereocenters. The number of amides is 2. The van der Waals surface area contributed by atoms with Gasteiger partial charge in [0.25, 0.3) is 0 Å². The second-order valence-electron chi connectivity index (χ2n) is 5.45. The van der Waals surface area contributed by atoms with Crippen molar-refractivity contribution >= 4 is 29.0 Å². The molecule has 114 valence electrons. The number of hydrogen-bond acceptors (Lipinski definition) is 2. The van der Waals surface area contributed by atoms with Crippen LogP contribution >= 0.6 is 11.6 Å². The number of anilines is 2. The van der Waals surface area contributed by atoms with Gasteiger partial charge < -0.3 is 10.1 Å². The Hall–Kier alpha value is -2.20. The smallest absolute Gasteiger partial charge is 0.326 e. The molecule has 0 fully saturated rings. The first-order valence-corrected chi connectivity index (χ1v) is 7.52. The van der Waals surface area contributed by atoms with Gasteiger partial charge in [-0.05, 0) is 49.7 Å². The van der Waals surface area contributed by atoms with Gasteiger partial charge in [0.15, 0.2) is 0 Å². The maximum absolute atomic E-state index is 12.6. The fraction of sp³-hybridized carbons (Fsp3) is 0.235. The molecule has 4 nitrogen and oxygen atoms in total. The lowest BCUT2D eigenvalue weighted by molar-refractivity contribution is 0.208. The number of carbonyl (C=O) groups is 1. The normalized spacial score (nSPS) is 16.7. The van der Waals surface area contributed by atoms with Crippen LogP contribution in [0.3, 0.4) is 0 Å². The number of halogens is 1. The number of ether oxygens (including phenoxy) is 1. The van der Waals surface area contributed by atoms with Crippen LogP contribution in [-0.2, 0) is 0 Å². The van der Waals surface area contributed by atoms with Gasteiger partial charge in [-0.3, -0.25) is 4.90 Å². The summed E-state index contributed by atoms with van der Waals surface area (Å²) in [6, 6.07) is 12.8. The first-order valence-electron chi connectivity index (χ1n) is 7.14. The molecular formula is C17H17ClN2O2. The Labute approximate surface area is 134 Å². The molecule has 0 spiro atoms. The van der Waals surface area contributed by atoms with Crippen molar-refractivity contribution in [2.45, 2.75) is 20.0 Å². The number of hydrogen-bond donors (Lipinski definition) is 1. The summed E-state index contributed by atoms with van der Waals surface area (Å²) >= 11 is 5.95. The van der Waals surface area contributed by atoms with E-state index in [1.807, 2.05) is 38.1 Å². The average Bonchev–Trinajstić information content (AvgIpc) is 2.47. The van der Waals surface area contributed by atoms with Gasteiger partial charge in [0.2, 0.25) is 0 Å². The topological polar surface area (TPSA) is 41.6 Å². The standard InChI is InChI=1S/C17H17ClN2O2/c1-11-6-7-16-15(8-11)20(10-12(2)22-16)17(21)19-14-5-3-4-13(18)9-14/h3-9,12H,10H2,1-2H3,(H,19,21). The Kier molecular flexibility index (Phi) is 3.94. The van der Waals surface area contributed by atoms with Crippen LogP contribution < -0.4 is 15.0 Å². The predicted octanol–water partition coefficient (Wildman–Crippen LogP) is 4.47. The third-order valence-electron chi connectivity index (χ3n) is 3.49. The van der Waals surface area contributed by atoms with Crippen molar-refractivity contribution in [1.29, 1.82) is 0 Å². The van der Waals surface area contributed by atoms with Crippen LogP contribution in [0, 0.1) is 6.92 Å². The predicted molar refractivity (Wildman–Crippen MR) is 89.1 cm³/mol. The number of benzene rings is 2. The summed E-state index contributed by atoms with van der Waals surface area (Å²) < 4.78 is 5.79. The van der Waals surface area contributed by atoms with Gasteiger partial charge in [0.05, 0.1) is 12.2 Å². The Morgan fingerprint density at radius 2 is 2.14 bits per heavy atom. The number of aryl methyl sites for hydroxylation is 1. The minimum absolute atomic E-state index is 0.0553. The molecule has 0 saturated carbocycles. The highest BCUT2D eigenvalue weighted by atomic mass is 35.5. The van der Waals surface area contributed by atoms with Gasteiger partial charge in [0.1, 0.15) is 11.9 Å². The Balaban J connectivity index is 1.88. The highest BCUT2D eigenvalue weighted by Crippen LogP contribution is 2.34. The lowest BCUT2D eigenvalue weighted by Crippen LogP contribution is -2.44. The SMILES string of the molecule is Cc1ccc2c(c1)N(C(=O)Nc1cccc(Cl)c1)CC(C)O2. The van der Waals surface area contributed by atoms with E-state index in [1.165, 1.54) is 0 Å². The second kappa shape index (κ2) is 5.89. The molecule has 2 aromatic carbocycles. The summed E-state index contributed by atoms with van der Waals surface area (Å²) in [5.74, 6) is 0.727. The molecule has 1 aliphatic rings. The van der Waals surface area contributed by atoms with Gasteiger partial charge >= 0.3 is 6.03 Å². The molecule has 1 unspecified atom stereocenters. The van der Waals surface area contributed by atoms with Crippen molar-refractivity contribution in [2.75, 3.05) is 16.8 Å². The van der Waals surface area contributed by atoms with Crippen LogP contribution in [0.1, 0.15) is 12.5 Å². The Morgan fingerprint density at radius 3 is 2.91 bits per heavy atom. The van der Waals surface area contributed by atoms with E-state index in [9.17, 15) is 4.79 Å². The summed E-state index contributed by atoms with van der Waals surface area (Å²) in [6.07, 6.45) is -0.0553. The molecule has 1 N–H and O–H groups in total. The van der Waals surface area contributed by atoms with Crippen LogP contribution in [-0.4, -0.2) is 18.7 Å². The summed E-state index contributed by atoms with van der Waals surface area (Å²) in [5.41, 5.74) is 2.54. The van der Waals surface area contributed by atoms with Crippen molar-refractivity contribution in [2.24, 2.45) is 0 Å². The van der Waals surface area contributed by atoms with E-state index >= 15 is 0 Å². The van der Waals surface area contributed by atoms with Crippen LogP contribution in [0.2, 0.25) is 5.02 Å². The number of urea groups is 1. The second-order valence-corrected chi connectivity index (χ2v) is 5.89. The number of nitrogens with one attached hydrogen (secondary N) is 1. The molecule has 0 aromatic heterocycles. The molecule has 1 aliphatic heterocycles. The van der Waals surface area contributed by atoms with Gasteiger partial charge in [0, 0.05) is 10.7 Å². The summed E-state index contributed by atoms with van der Waals surface area (Å²) in [6.45, 7) is 4.44. The third kappa shape index (κ3) is 3.02. The van der Waals surface area contributed by atoms with E-state index in [2.05, 4.69) is 5.32 Å². The zero-order valence-corrected chi connectivity index (χ0v) is 13.2. The molecule has 2 amide bonds. The molecule has 0 aliphatic carbocycles. The van der Waals surface area contributed by atoms with Gasteiger partial charge in [-0.15, -0.1) is 0 Å². The highest BCUT2D eigenvalue weighted by molar-refractivity contribution is 6.30. The maximum atomic E-state index is 12.6. The van der Waals surface area contributed by atoms with E-state index in [0.717, 1.165) is 17.0 Å². The summed E-state index contributed by atoms with van der Waals surface area (Å²) in [4.78, 5) is 14.3. The van der Waals surface area contributed by atoms with Crippen LogP contribution in [0.15, 0.2) is 42.5 Å². The fourth-order valence-corrected chi connectivity index (χ4v) is 2.69. The molecular weight excluding hydrogens is 300 g/mol. The minimum atomic E-state index is -0.190. The minimum Gasteiger partial charge on any atom is -0.487 e. The van der Waals surface area contributed by atoms with Crippen molar-refractivity contribution < 1.29 is 9.53 Å². The van der Waals surface area contributed by atoms with Gasteiger partial charge in [-0.1, -0.05) is 23.7 Å². The van der Waals surface area contributed by atoms with E-state index in [0.29, 0.717) is 17.3 Å². The zero-order chi connectivity index (χ0) is 15.7. The van der Waals surface area contributed by atoms with Crippen LogP contribution in [0.4, 0.5) is 16.2 Å². The Morgan fingerprint density at radius 1 is 1.32 bits per heavy atom. The first-order chi connectivity index (χ1) is 10.5. The fourth-order valence-electron chi connectivity index (χ4n) is 2.50. The molecule has 3 rings (SSSR count). The lowest BCUT2D eigenvalue weighted by Gasteiger charge is -2.33. The number of nitrogens with zero attached hydrogens (tertiary/aromatic N) is 1. The quantitative estimate of drug-likeness (QED) is 0.843.